The molecule has 1 heterocycles. The standard InChI is InChI=1S/C19H21FN2OS/c1-13(2)14-6-8-15(9-7-14)18-22(10-11-24-18)19(23)21-17-5-3-4-16(20)12-17/h3-9,12-13,18H,10-11H2,1-2H3,(H,21,23)/t18-/m1/s1. The van der Waals surface area contributed by atoms with Crippen LogP contribution in [0.25, 0.3) is 0 Å². The smallest absolute Gasteiger partial charge is 0.308 e. The third kappa shape index (κ3) is 3.73. The molecule has 0 aromatic heterocycles. The first-order valence-corrected chi connectivity index (χ1v) is 9.14. The highest BCUT2D eigenvalue weighted by Gasteiger charge is 2.30. The van der Waals surface area contributed by atoms with Crippen LogP contribution in [0.5, 0.6) is 0 Å². The van der Waals surface area contributed by atoms with Gasteiger partial charge in [0.25, 0.3) is 0 Å². The lowest BCUT2D eigenvalue weighted by Gasteiger charge is -2.24. The molecule has 1 N–H and O–H groups in total. The predicted molar refractivity (Wildman–Crippen MR) is 97.9 cm³/mol. The van der Waals surface area contributed by atoms with Gasteiger partial charge in [0.05, 0.1) is 0 Å². The fourth-order valence-electron chi connectivity index (χ4n) is 2.76. The molecule has 0 saturated carbocycles. The van der Waals surface area contributed by atoms with Crippen molar-refractivity contribution in [3.05, 3.63) is 65.5 Å². The van der Waals surface area contributed by atoms with Crippen LogP contribution in [0.1, 0.15) is 36.3 Å². The van der Waals surface area contributed by atoms with E-state index >= 15 is 0 Å². The van der Waals surface area contributed by atoms with Gasteiger partial charge in [0.1, 0.15) is 11.2 Å². The van der Waals surface area contributed by atoms with E-state index in [1.807, 2.05) is 0 Å². The third-order valence-electron chi connectivity index (χ3n) is 4.12. The second kappa shape index (κ2) is 7.26. The Hall–Kier alpha value is -2.01. The molecule has 3 nitrogen and oxygen atoms in total. The molecular weight excluding hydrogens is 323 g/mol. The molecule has 0 unspecified atom stereocenters. The van der Waals surface area contributed by atoms with E-state index in [0.29, 0.717) is 18.2 Å². The van der Waals surface area contributed by atoms with Gasteiger partial charge in [-0.25, -0.2) is 9.18 Å². The molecule has 24 heavy (non-hydrogen) atoms. The van der Waals surface area contributed by atoms with Crippen LogP contribution in [0.4, 0.5) is 14.9 Å². The maximum atomic E-state index is 13.3. The van der Waals surface area contributed by atoms with Crippen LogP contribution in [0.3, 0.4) is 0 Å². The summed E-state index contributed by atoms with van der Waals surface area (Å²) in [6.45, 7) is 5.01. The average Bonchev–Trinajstić information content (AvgIpc) is 3.04. The number of benzene rings is 2. The Kier molecular flexibility index (Phi) is 5.09. The summed E-state index contributed by atoms with van der Waals surface area (Å²) < 4.78 is 13.3. The fourth-order valence-corrected chi connectivity index (χ4v) is 4.02. The largest absolute Gasteiger partial charge is 0.323 e. The van der Waals surface area contributed by atoms with Gasteiger partial charge < -0.3 is 10.2 Å². The summed E-state index contributed by atoms with van der Waals surface area (Å²) in [6, 6.07) is 14.2. The number of carbonyl (C=O) groups is 1. The lowest BCUT2D eigenvalue weighted by molar-refractivity contribution is 0.214. The summed E-state index contributed by atoms with van der Waals surface area (Å²) >= 11 is 1.75. The predicted octanol–water partition coefficient (Wildman–Crippen LogP) is 5.23. The maximum Gasteiger partial charge on any atom is 0.323 e. The first-order chi connectivity index (χ1) is 11.5. The highest BCUT2D eigenvalue weighted by molar-refractivity contribution is 7.99. The number of thioether (sulfide) groups is 1. The summed E-state index contributed by atoms with van der Waals surface area (Å²) in [5, 5.41) is 2.79. The molecule has 1 atom stereocenters. The molecule has 5 heteroatoms. The van der Waals surface area contributed by atoms with Gasteiger partial charge >= 0.3 is 6.03 Å². The molecule has 1 aliphatic heterocycles. The Morgan fingerprint density at radius 3 is 2.67 bits per heavy atom. The van der Waals surface area contributed by atoms with Crippen molar-refractivity contribution < 1.29 is 9.18 Å². The van der Waals surface area contributed by atoms with E-state index in [-0.39, 0.29) is 17.2 Å². The number of anilines is 1. The van der Waals surface area contributed by atoms with E-state index in [1.165, 1.54) is 17.7 Å². The van der Waals surface area contributed by atoms with Crippen molar-refractivity contribution in [1.29, 1.82) is 0 Å². The van der Waals surface area contributed by atoms with Crippen LogP contribution in [-0.2, 0) is 0 Å². The summed E-state index contributed by atoms with van der Waals surface area (Å²) in [7, 11) is 0. The molecule has 0 aliphatic carbocycles. The molecule has 1 saturated heterocycles. The van der Waals surface area contributed by atoms with Crippen molar-refractivity contribution >= 4 is 23.5 Å². The zero-order chi connectivity index (χ0) is 17.1. The minimum Gasteiger partial charge on any atom is -0.308 e. The second-order valence-corrected chi connectivity index (χ2v) is 7.37. The Bertz CT molecular complexity index is 718. The van der Waals surface area contributed by atoms with Gasteiger partial charge in [0.15, 0.2) is 0 Å². The molecule has 3 rings (SSSR count). The Labute approximate surface area is 146 Å². The van der Waals surface area contributed by atoms with Crippen LogP contribution in [0.15, 0.2) is 48.5 Å². The van der Waals surface area contributed by atoms with E-state index < -0.39 is 0 Å². The van der Waals surface area contributed by atoms with Crippen molar-refractivity contribution in [2.45, 2.75) is 25.1 Å². The number of halogens is 1. The van der Waals surface area contributed by atoms with Crippen LogP contribution in [0, 0.1) is 5.82 Å². The fraction of sp³-hybridized carbons (Fsp3) is 0.316. The Morgan fingerprint density at radius 2 is 2.00 bits per heavy atom. The zero-order valence-electron chi connectivity index (χ0n) is 13.8. The van der Waals surface area contributed by atoms with Crippen LogP contribution >= 0.6 is 11.8 Å². The normalized spacial score (nSPS) is 17.3. The molecule has 0 radical (unpaired) electrons. The van der Waals surface area contributed by atoms with Crippen molar-refractivity contribution in [3.63, 3.8) is 0 Å². The molecule has 2 aromatic carbocycles. The number of hydrogen-bond donors (Lipinski definition) is 1. The van der Waals surface area contributed by atoms with E-state index in [4.69, 9.17) is 0 Å². The summed E-state index contributed by atoms with van der Waals surface area (Å²) in [6.07, 6.45) is 0. The van der Waals surface area contributed by atoms with Gasteiger partial charge in [-0.05, 0) is 35.2 Å². The SMILES string of the molecule is CC(C)c1ccc([C@H]2SCCN2C(=O)Nc2cccc(F)c2)cc1. The van der Waals surface area contributed by atoms with Gasteiger partial charge in [-0.2, -0.15) is 0 Å². The quantitative estimate of drug-likeness (QED) is 0.827. The molecular formula is C19H21FN2OS. The molecule has 126 valence electrons. The van der Waals surface area contributed by atoms with Gasteiger partial charge in [-0.15, -0.1) is 11.8 Å². The lowest BCUT2D eigenvalue weighted by atomic mass is 10.0. The average molecular weight is 344 g/mol. The van der Waals surface area contributed by atoms with E-state index in [2.05, 4.69) is 43.4 Å². The first kappa shape index (κ1) is 16.8. The van der Waals surface area contributed by atoms with E-state index in [1.54, 1.807) is 28.8 Å². The molecule has 1 fully saturated rings. The maximum absolute atomic E-state index is 13.3. The van der Waals surface area contributed by atoms with E-state index in [0.717, 1.165) is 11.3 Å². The number of rotatable bonds is 3. The summed E-state index contributed by atoms with van der Waals surface area (Å²) in [4.78, 5) is 14.4. The van der Waals surface area contributed by atoms with Crippen molar-refractivity contribution in [3.8, 4) is 0 Å². The van der Waals surface area contributed by atoms with Crippen LogP contribution in [0.2, 0.25) is 0 Å². The van der Waals surface area contributed by atoms with Gasteiger partial charge in [0, 0.05) is 18.0 Å². The number of hydrogen-bond acceptors (Lipinski definition) is 2. The zero-order valence-corrected chi connectivity index (χ0v) is 14.6. The molecule has 0 spiro atoms. The minimum absolute atomic E-state index is 0.000212. The topological polar surface area (TPSA) is 32.3 Å². The third-order valence-corrected chi connectivity index (χ3v) is 5.38. The number of nitrogens with one attached hydrogen (secondary N) is 1. The van der Waals surface area contributed by atoms with Crippen molar-refractivity contribution in [1.82, 2.24) is 4.90 Å². The monoisotopic (exact) mass is 344 g/mol. The lowest BCUT2D eigenvalue weighted by Crippen LogP contribution is -2.34. The van der Waals surface area contributed by atoms with Crippen molar-refractivity contribution in [2.75, 3.05) is 17.6 Å². The van der Waals surface area contributed by atoms with Crippen LogP contribution < -0.4 is 5.32 Å². The number of amides is 2. The summed E-state index contributed by atoms with van der Waals surface area (Å²) in [5.74, 6) is 1.03. The Morgan fingerprint density at radius 1 is 1.25 bits per heavy atom. The van der Waals surface area contributed by atoms with E-state index in [9.17, 15) is 9.18 Å². The Balaban J connectivity index is 1.73. The number of carbonyl (C=O) groups excluding carboxylic acids is 1. The molecule has 0 bridgehead atoms. The second-order valence-electron chi connectivity index (χ2n) is 6.18. The van der Waals surface area contributed by atoms with Crippen molar-refractivity contribution in [2.24, 2.45) is 0 Å². The highest BCUT2D eigenvalue weighted by atomic mass is 32.2. The molecule has 2 amide bonds. The van der Waals surface area contributed by atoms with Gasteiger partial charge in [-0.1, -0.05) is 44.2 Å². The minimum atomic E-state index is -0.357. The number of urea groups is 1. The highest BCUT2D eigenvalue weighted by Crippen LogP contribution is 2.38. The number of nitrogens with zero attached hydrogens (tertiary/aromatic N) is 1. The van der Waals surface area contributed by atoms with Gasteiger partial charge in [-0.3, -0.25) is 0 Å². The molecule has 2 aromatic rings. The van der Waals surface area contributed by atoms with Gasteiger partial charge in [0.2, 0.25) is 0 Å². The summed E-state index contributed by atoms with van der Waals surface area (Å²) in [5.41, 5.74) is 2.89. The molecule has 1 aliphatic rings. The first-order valence-electron chi connectivity index (χ1n) is 8.09. The van der Waals surface area contributed by atoms with Crippen LogP contribution in [-0.4, -0.2) is 23.2 Å².